The molecule has 0 spiro atoms. The summed E-state index contributed by atoms with van der Waals surface area (Å²) in [5.74, 6) is 0.189. The number of carbonyl (C=O) groups is 1. The van der Waals surface area contributed by atoms with Gasteiger partial charge in [-0.1, -0.05) is 53.0 Å². The van der Waals surface area contributed by atoms with Gasteiger partial charge in [0.15, 0.2) is 6.61 Å². The molecule has 150 valence electrons. The van der Waals surface area contributed by atoms with E-state index in [1.54, 1.807) is 24.3 Å². The van der Waals surface area contributed by atoms with Gasteiger partial charge in [0.05, 0.1) is 15.7 Å². The van der Waals surface area contributed by atoms with Gasteiger partial charge in [-0.3, -0.25) is 4.79 Å². The minimum atomic E-state index is -0.255. The highest BCUT2D eigenvalue weighted by atomic mass is 35.5. The topological polar surface area (TPSA) is 50.4 Å². The molecule has 3 rings (SSSR count). The molecule has 3 aromatic carbocycles. The average Bonchev–Trinajstić information content (AvgIpc) is 2.66. The standard InChI is InChI=1S/C22H19Cl3N2O2/c1-14-3-2-4-17(9-14)27-22(28)13-29-21-8-5-15(10-19(21)25)12-26-20-7-6-16(23)11-18(20)24/h2-11,26H,12-13H2,1H3,(H,27,28). The second-order valence-corrected chi connectivity index (χ2v) is 7.70. The summed E-state index contributed by atoms with van der Waals surface area (Å²) in [7, 11) is 0. The van der Waals surface area contributed by atoms with Crippen molar-refractivity contribution in [1.82, 2.24) is 0 Å². The van der Waals surface area contributed by atoms with Crippen LogP contribution in [0, 0.1) is 6.92 Å². The summed E-state index contributed by atoms with van der Waals surface area (Å²) in [4.78, 5) is 12.1. The van der Waals surface area contributed by atoms with E-state index in [-0.39, 0.29) is 12.5 Å². The predicted molar refractivity (Wildman–Crippen MR) is 121 cm³/mol. The van der Waals surface area contributed by atoms with E-state index in [0.717, 1.165) is 22.5 Å². The molecule has 29 heavy (non-hydrogen) atoms. The van der Waals surface area contributed by atoms with Crippen molar-refractivity contribution in [3.05, 3.63) is 86.9 Å². The monoisotopic (exact) mass is 448 g/mol. The van der Waals surface area contributed by atoms with Crippen molar-refractivity contribution in [2.24, 2.45) is 0 Å². The third-order valence-corrected chi connectivity index (χ3v) is 4.91. The van der Waals surface area contributed by atoms with Crippen LogP contribution in [-0.2, 0) is 11.3 Å². The number of ether oxygens (including phenoxy) is 1. The molecule has 0 saturated carbocycles. The molecule has 0 bridgehead atoms. The second-order valence-electron chi connectivity index (χ2n) is 6.45. The molecule has 0 radical (unpaired) electrons. The summed E-state index contributed by atoms with van der Waals surface area (Å²) in [6, 6.07) is 18.2. The molecule has 7 heteroatoms. The SMILES string of the molecule is Cc1cccc(NC(=O)COc2ccc(CNc3ccc(Cl)cc3Cl)cc2Cl)c1. The number of hydrogen-bond acceptors (Lipinski definition) is 3. The van der Waals surface area contributed by atoms with E-state index in [4.69, 9.17) is 39.5 Å². The van der Waals surface area contributed by atoms with Gasteiger partial charge in [0.25, 0.3) is 5.91 Å². The Morgan fingerprint density at radius 3 is 2.52 bits per heavy atom. The fraction of sp³-hybridized carbons (Fsp3) is 0.136. The summed E-state index contributed by atoms with van der Waals surface area (Å²) < 4.78 is 5.55. The van der Waals surface area contributed by atoms with Gasteiger partial charge in [0.2, 0.25) is 0 Å². The molecular formula is C22H19Cl3N2O2. The van der Waals surface area contributed by atoms with Crippen molar-refractivity contribution in [3.8, 4) is 5.75 Å². The largest absolute Gasteiger partial charge is 0.482 e. The number of hydrogen-bond donors (Lipinski definition) is 2. The first-order chi connectivity index (χ1) is 13.9. The molecule has 0 aliphatic heterocycles. The van der Waals surface area contributed by atoms with Crippen LogP contribution in [-0.4, -0.2) is 12.5 Å². The van der Waals surface area contributed by atoms with E-state index in [1.807, 2.05) is 43.3 Å². The predicted octanol–water partition coefficient (Wildman–Crippen LogP) is 6.58. The summed E-state index contributed by atoms with van der Waals surface area (Å²) in [6.45, 7) is 2.35. The van der Waals surface area contributed by atoms with Crippen molar-refractivity contribution in [3.63, 3.8) is 0 Å². The minimum Gasteiger partial charge on any atom is -0.482 e. The van der Waals surface area contributed by atoms with E-state index in [9.17, 15) is 4.79 Å². The maximum absolute atomic E-state index is 12.1. The van der Waals surface area contributed by atoms with Gasteiger partial charge in [-0.05, 0) is 60.5 Å². The number of halogens is 3. The van der Waals surface area contributed by atoms with Crippen LogP contribution in [0.4, 0.5) is 11.4 Å². The van der Waals surface area contributed by atoms with Gasteiger partial charge in [0, 0.05) is 17.3 Å². The maximum Gasteiger partial charge on any atom is 0.262 e. The number of carbonyl (C=O) groups excluding carboxylic acids is 1. The zero-order valence-corrected chi connectivity index (χ0v) is 17.9. The highest BCUT2D eigenvalue weighted by Crippen LogP contribution is 2.28. The summed E-state index contributed by atoms with van der Waals surface area (Å²) in [6.07, 6.45) is 0. The molecule has 0 aliphatic rings. The van der Waals surface area contributed by atoms with Crippen LogP contribution in [0.3, 0.4) is 0 Å². The molecule has 0 fully saturated rings. The number of benzene rings is 3. The van der Waals surface area contributed by atoms with Crippen molar-refractivity contribution in [2.75, 3.05) is 17.2 Å². The van der Waals surface area contributed by atoms with Crippen molar-refractivity contribution >= 4 is 52.1 Å². The number of amides is 1. The third kappa shape index (κ3) is 6.29. The Morgan fingerprint density at radius 1 is 0.966 bits per heavy atom. The molecule has 0 saturated heterocycles. The number of aryl methyl sites for hydroxylation is 1. The Balaban J connectivity index is 1.54. The molecule has 4 nitrogen and oxygen atoms in total. The average molecular weight is 450 g/mol. The molecule has 0 aliphatic carbocycles. The van der Waals surface area contributed by atoms with E-state index in [1.165, 1.54) is 0 Å². The van der Waals surface area contributed by atoms with Crippen LogP contribution in [0.15, 0.2) is 60.7 Å². The molecule has 0 aromatic heterocycles. The van der Waals surface area contributed by atoms with Crippen LogP contribution < -0.4 is 15.4 Å². The van der Waals surface area contributed by atoms with E-state index >= 15 is 0 Å². The summed E-state index contributed by atoms with van der Waals surface area (Å²) in [5.41, 5.74) is 3.51. The Morgan fingerprint density at radius 2 is 1.79 bits per heavy atom. The first-order valence-corrected chi connectivity index (χ1v) is 10.0. The molecule has 2 N–H and O–H groups in total. The number of rotatable bonds is 7. The normalized spacial score (nSPS) is 10.5. The van der Waals surface area contributed by atoms with Crippen molar-refractivity contribution in [1.29, 1.82) is 0 Å². The highest BCUT2D eigenvalue weighted by molar-refractivity contribution is 6.36. The van der Waals surface area contributed by atoms with E-state index in [2.05, 4.69) is 10.6 Å². The van der Waals surface area contributed by atoms with E-state index < -0.39 is 0 Å². The minimum absolute atomic E-state index is 0.133. The Bertz CT molecular complexity index is 1020. The number of nitrogens with one attached hydrogen (secondary N) is 2. The zero-order chi connectivity index (χ0) is 20.8. The number of anilines is 2. The van der Waals surface area contributed by atoms with Crippen LogP contribution in [0.25, 0.3) is 0 Å². The fourth-order valence-corrected chi connectivity index (χ4v) is 3.40. The highest BCUT2D eigenvalue weighted by Gasteiger charge is 2.08. The van der Waals surface area contributed by atoms with Crippen LogP contribution >= 0.6 is 34.8 Å². The molecule has 3 aromatic rings. The Labute approximate surface area is 184 Å². The third-order valence-electron chi connectivity index (χ3n) is 4.07. The van der Waals surface area contributed by atoms with Gasteiger partial charge >= 0.3 is 0 Å². The van der Waals surface area contributed by atoms with Gasteiger partial charge in [0.1, 0.15) is 5.75 Å². The molecule has 0 atom stereocenters. The lowest BCUT2D eigenvalue weighted by Crippen LogP contribution is -2.20. The molecule has 0 unspecified atom stereocenters. The second kappa shape index (κ2) is 9.88. The summed E-state index contributed by atoms with van der Waals surface area (Å²) >= 11 is 18.4. The van der Waals surface area contributed by atoms with Gasteiger partial charge < -0.3 is 15.4 Å². The lowest BCUT2D eigenvalue weighted by Gasteiger charge is -2.12. The quantitative estimate of drug-likeness (QED) is 0.428. The van der Waals surface area contributed by atoms with Gasteiger partial charge in [-0.15, -0.1) is 0 Å². The first kappa shape index (κ1) is 21.3. The van der Waals surface area contributed by atoms with E-state index in [0.29, 0.717) is 27.4 Å². The van der Waals surface area contributed by atoms with Gasteiger partial charge in [-0.2, -0.15) is 0 Å². The zero-order valence-electron chi connectivity index (χ0n) is 15.6. The van der Waals surface area contributed by atoms with Crippen LogP contribution in [0.2, 0.25) is 15.1 Å². The van der Waals surface area contributed by atoms with Crippen molar-refractivity contribution in [2.45, 2.75) is 13.5 Å². The molecule has 1 amide bonds. The summed E-state index contributed by atoms with van der Waals surface area (Å²) in [5, 5.41) is 7.57. The Kier molecular flexibility index (Phi) is 7.26. The Hall–Kier alpha value is -2.40. The van der Waals surface area contributed by atoms with Gasteiger partial charge in [-0.25, -0.2) is 0 Å². The lowest BCUT2D eigenvalue weighted by atomic mass is 10.2. The first-order valence-electron chi connectivity index (χ1n) is 8.87. The maximum atomic E-state index is 12.1. The molecule has 0 heterocycles. The van der Waals surface area contributed by atoms with Crippen LogP contribution in [0.1, 0.15) is 11.1 Å². The van der Waals surface area contributed by atoms with Crippen molar-refractivity contribution < 1.29 is 9.53 Å². The molecular weight excluding hydrogens is 431 g/mol. The van der Waals surface area contributed by atoms with Crippen LogP contribution in [0.5, 0.6) is 5.75 Å². The lowest BCUT2D eigenvalue weighted by molar-refractivity contribution is -0.118. The smallest absolute Gasteiger partial charge is 0.262 e. The fourth-order valence-electron chi connectivity index (χ4n) is 2.66.